The van der Waals surface area contributed by atoms with Crippen molar-refractivity contribution in [2.24, 2.45) is 0 Å². The molecular formula is C11H11. The second-order valence-electron chi connectivity index (χ2n) is 2.40. The van der Waals surface area contributed by atoms with Crippen LogP contribution in [0.4, 0.5) is 0 Å². The molecule has 1 aromatic rings. The lowest BCUT2D eigenvalue weighted by molar-refractivity contribution is 1.65. The normalized spacial score (nSPS) is 10.3. The van der Waals surface area contributed by atoms with E-state index in [9.17, 15) is 0 Å². The van der Waals surface area contributed by atoms with Crippen molar-refractivity contribution >= 4 is 6.08 Å². The van der Waals surface area contributed by atoms with Gasteiger partial charge in [0.25, 0.3) is 0 Å². The van der Waals surface area contributed by atoms with Crippen LogP contribution < -0.4 is 0 Å². The van der Waals surface area contributed by atoms with Crippen LogP contribution in [-0.4, -0.2) is 0 Å². The van der Waals surface area contributed by atoms with Gasteiger partial charge in [0.15, 0.2) is 0 Å². The summed E-state index contributed by atoms with van der Waals surface area (Å²) in [6.45, 7) is 7.34. The first kappa shape index (κ1) is 7.80. The first-order chi connectivity index (χ1) is 5.29. The molecule has 0 saturated heterocycles. The SMILES string of the molecule is [CH2]C(=C)C=Cc1ccccc1. The van der Waals surface area contributed by atoms with E-state index in [1.807, 2.05) is 42.5 Å². The van der Waals surface area contributed by atoms with Crippen molar-refractivity contribution in [2.75, 3.05) is 0 Å². The Morgan fingerprint density at radius 2 is 1.82 bits per heavy atom. The van der Waals surface area contributed by atoms with Gasteiger partial charge in [-0.1, -0.05) is 54.6 Å². The Balaban J connectivity index is 2.72. The second kappa shape index (κ2) is 3.77. The molecule has 1 rings (SSSR count). The fourth-order valence-corrected chi connectivity index (χ4v) is 0.778. The van der Waals surface area contributed by atoms with E-state index in [0.717, 1.165) is 5.57 Å². The smallest absolute Gasteiger partial charge is 0.0244 e. The van der Waals surface area contributed by atoms with Crippen LogP contribution in [0.25, 0.3) is 6.08 Å². The number of benzene rings is 1. The number of allylic oxidation sites excluding steroid dienone is 2. The third kappa shape index (κ3) is 2.85. The van der Waals surface area contributed by atoms with E-state index >= 15 is 0 Å². The maximum atomic E-state index is 3.67. The summed E-state index contributed by atoms with van der Waals surface area (Å²) in [6.07, 6.45) is 3.89. The Bertz CT molecular complexity index is 255. The first-order valence-corrected chi connectivity index (χ1v) is 3.53. The summed E-state index contributed by atoms with van der Waals surface area (Å²) in [5, 5.41) is 0. The monoisotopic (exact) mass is 143 g/mol. The molecule has 0 atom stereocenters. The highest BCUT2D eigenvalue weighted by atomic mass is 13.9. The molecule has 11 heavy (non-hydrogen) atoms. The summed E-state index contributed by atoms with van der Waals surface area (Å²) in [7, 11) is 0. The van der Waals surface area contributed by atoms with Crippen molar-refractivity contribution in [1.82, 2.24) is 0 Å². The van der Waals surface area contributed by atoms with Gasteiger partial charge in [0.1, 0.15) is 0 Å². The summed E-state index contributed by atoms with van der Waals surface area (Å²) in [6, 6.07) is 10.1. The minimum atomic E-state index is 0.828. The molecule has 0 heterocycles. The molecule has 1 radical (unpaired) electrons. The fourth-order valence-electron chi connectivity index (χ4n) is 0.778. The van der Waals surface area contributed by atoms with Crippen LogP contribution in [0.15, 0.2) is 48.6 Å². The molecule has 0 nitrogen and oxygen atoms in total. The van der Waals surface area contributed by atoms with E-state index in [2.05, 4.69) is 13.5 Å². The highest BCUT2D eigenvalue weighted by Crippen LogP contribution is 2.02. The third-order valence-corrected chi connectivity index (χ3v) is 1.31. The molecule has 1 aromatic carbocycles. The number of hydrogen-bond acceptors (Lipinski definition) is 0. The molecule has 0 aliphatic heterocycles. The van der Waals surface area contributed by atoms with E-state index in [1.165, 1.54) is 5.56 Å². The zero-order valence-electron chi connectivity index (χ0n) is 6.46. The molecule has 0 fully saturated rings. The Hall–Kier alpha value is -1.30. The molecule has 0 unspecified atom stereocenters. The molecule has 0 N–H and O–H groups in total. The number of rotatable bonds is 2. The Labute approximate surface area is 67.9 Å². The van der Waals surface area contributed by atoms with Gasteiger partial charge in [-0.2, -0.15) is 0 Å². The van der Waals surface area contributed by atoms with E-state index in [0.29, 0.717) is 0 Å². The van der Waals surface area contributed by atoms with Crippen LogP contribution in [0, 0.1) is 6.92 Å². The van der Waals surface area contributed by atoms with Crippen LogP contribution >= 0.6 is 0 Å². The van der Waals surface area contributed by atoms with Crippen LogP contribution in [-0.2, 0) is 0 Å². The lowest BCUT2D eigenvalue weighted by Crippen LogP contribution is -1.68. The molecule has 0 aromatic heterocycles. The molecule has 0 aliphatic carbocycles. The fraction of sp³-hybridized carbons (Fsp3) is 0. The Morgan fingerprint density at radius 1 is 1.18 bits per heavy atom. The van der Waals surface area contributed by atoms with E-state index < -0.39 is 0 Å². The standard InChI is InChI=1S/C11H11/c1-10(2)8-9-11-6-4-3-5-7-11/h3-9H,1-2H2. The van der Waals surface area contributed by atoms with Crippen LogP contribution in [0.3, 0.4) is 0 Å². The molecule has 0 heteroatoms. The third-order valence-electron chi connectivity index (χ3n) is 1.31. The van der Waals surface area contributed by atoms with Gasteiger partial charge in [-0.05, 0) is 12.5 Å². The van der Waals surface area contributed by atoms with Crippen molar-refractivity contribution in [1.29, 1.82) is 0 Å². The molecule has 0 amide bonds. The maximum Gasteiger partial charge on any atom is -0.0244 e. The summed E-state index contributed by atoms with van der Waals surface area (Å²) in [5.41, 5.74) is 2.01. The predicted molar refractivity (Wildman–Crippen MR) is 50.0 cm³/mol. The van der Waals surface area contributed by atoms with Crippen molar-refractivity contribution in [3.63, 3.8) is 0 Å². The van der Waals surface area contributed by atoms with Crippen LogP contribution in [0.5, 0.6) is 0 Å². The average Bonchev–Trinajstić information content (AvgIpc) is 2.03. The second-order valence-corrected chi connectivity index (χ2v) is 2.40. The van der Waals surface area contributed by atoms with Gasteiger partial charge in [-0.3, -0.25) is 0 Å². The van der Waals surface area contributed by atoms with Gasteiger partial charge >= 0.3 is 0 Å². The maximum absolute atomic E-state index is 3.67. The highest BCUT2D eigenvalue weighted by Gasteiger charge is 1.80. The number of hydrogen-bond donors (Lipinski definition) is 0. The summed E-state index contributed by atoms with van der Waals surface area (Å²) in [5.74, 6) is 0. The largest absolute Gasteiger partial charge is 0.0958 e. The minimum Gasteiger partial charge on any atom is -0.0958 e. The molecule has 0 bridgehead atoms. The van der Waals surface area contributed by atoms with Crippen molar-refractivity contribution < 1.29 is 0 Å². The Morgan fingerprint density at radius 3 is 2.36 bits per heavy atom. The average molecular weight is 143 g/mol. The van der Waals surface area contributed by atoms with E-state index in [-0.39, 0.29) is 0 Å². The van der Waals surface area contributed by atoms with Crippen LogP contribution in [0.1, 0.15) is 5.56 Å². The zero-order valence-corrected chi connectivity index (χ0v) is 6.46. The molecule has 0 aliphatic rings. The Kier molecular flexibility index (Phi) is 2.67. The van der Waals surface area contributed by atoms with Crippen molar-refractivity contribution in [3.05, 3.63) is 61.0 Å². The van der Waals surface area contributed by atoms with E-state index in [4.69, 9.17) is 0 Å². The van der Waals surface area contributed by atoms with Gasteiger partial charge in [0.05, 0.1) is 0 Å². The van der Waals surface area contributed by atoms with Crippen LogP contribution in [0.2, 0.25) is 0 Å². The summed E-state index contributed by atoms with van der Waals surface area (Å²) < 4.78 is 0. The molecule has 0 saturated carbocycles. The highest BCUT2D eigenvalue weighted by molar-refractivity contribution is 5.52. The van der Waals surface area contributed by atoms with E-state index in [1.54, 1.807) is 0 Å². The van der Waals surface area contributed by atoms with Gasteiger partial charge in [-0.25, -0.2) is 0 Å². The summed E-state index contributed by atoms with van der Waals surface area (Å²) in [4.78, 5) is 0. The topological polar surface area (TPSA) is 0 Å². The molecule has 0 spiro atoms. The van der Waals surface area contributed by atoms with Crippen molar-refractivity contribution in [3.8, 4) is 0 Å². The molecule has 55 valence electrons. The first-order valence-electron chi connectivity index (χ1n) is 3.53. The predicted octanol–water partition coefficient (Wildman–Crippen LogP) is 3.09. The van der Waals surface area contributed by atoms with Gasteiger partial charge < -0.3 is 0 Å². The minimum absolute atomic E-state index is 0.828. The quantitative estimate of drug-likeness (QED) is 0.558. The van der Waals surface area contributed by atoms with Crippen molar-refractivity contribution in [2.45, 2.75) is 0 Å². The van der Waals surface area contributed by atoms with Gasteiger partial charge in [-0.15, -0.1) is 0 Å². The summed E-state index contributed by atoms with van der Waals surface area (Å²) >= 11 is 0. The molecular weight excluding hydrogens is 132 g/mol. The zero-order chi connectivity index (χ0) is 8.10. The van der Waals surface area contributed by atoms with Gasteiger partial charge in [0, 0.05) is 0 Å². The lowest BCUT2D eigenvalue weighted by atomic mass is 10.2. The lowest BCUT2D eigenvalue weighted by Gasteiger charge is -1.89. The van der Waals surface area contributed by atoms with Gasteiger partial charge in [0.2, 0.25) is 0 Å².